The Morgan fingerprint density at radius 1 is 0.767 bits per heavy atom. The number of nitrogens with two attached hydrogens (primary N) is 2. The van der Waals surface area contributed by atoms with Crippen LogP contribution in [0.25, 0.3) is 5.70 Å². The second kappa shape index (κ2) is 13.1. The van der Waals surface area contributed by atoms with Crippen molar-refractivity contribution in [1.82, 2.24) is 0 Å². The fraction of sp³-hybridized carbons (Fsp3) is 0.176. The molecule has 3 atom stereocenters. The van der Waals surface area contributed by atoms with Gasteiger partial charge in [-0.05, 0) is 54.7 Å². The number of amides is 2. The van der Waals surface area contributed by atoms with Crippen molar-refractivity contribution in [3.05, 3.63) is 138 Å². The van der Waals surface area contributed by atoms with Crippen LogP contribution in [0.3, 0.4) is 0 Å². The van der Waals surface area contributed by atoms with Crippen LogP contribution in [0.15, 0.2) is 121 Å². The van der Waals surface area contributed by atoms with Gasteiger partial charge in [-0.3, -0.25) is 9.80 Å². The summed E-state index contributed by atoms with van der Waals surface area (Å²) in [6.45, 7) is 0. The largest absolute Gasteiger partial charge is 0.513 e. The van der Waals surface area contributed by atoms with Crippen LogP contribution in [0.4, 0.5) is 16.2 Å². The van der Waals surface area contributed by atoms with E-state index in [4.69, 9.17) is 11.5 Å². The zero-order chi connectivity index (χ0) is 30.3. The molecule has 1 fully saturated rings. The molecule has 2 amide bonds. The van der Waals surface area contributed by atoms with E-state index in [9.17, 15) is 20.2 Å². The molecule has 4 aromatic rings. The number of carbonyl (C=O) groups excluding carboxylic acids is 1. The molecule has 0 unspecified atom stereocenters. The molecule has 0 saturated carbocycles. The second-order valence-electron chi connectivity index (χ2n) is 10.5. The van der Waals surface area contributed by atoms with Gasteiger partial charge in [0.25, 0.3) is 0 Å². The van der Waals surface area contributed by atoms with Crippen LogP contribution in [-0.2, 0) is 12.8 Å². The van der Waals surface area contributed by atoms with Gasteiger partial charge in [0.15, 0.2) is 5.84 Å². The number of oxime groups is 1. The number of hydrogen-bond acceptors (Lipinski definition) is 6. The number of amidine groups is 1. The number of hydrogen-bond donors (Lipinski definition) is 5. The highest BCUT2D eigenvalue weighted by atomic mass is 16.4. The van der Waals surface area contributed by atoms with Crippen molar-refractivity contribution in [3.8, 4) is 0 Å². The van der Waals surface area contributed by atoms with Gasteiger partial charge in [-0.25, -0.2) is 4.79 Å². The summed E-state index contributed by atoms with van der Waals surface area (Å²) < 4.78 is 0. The Kier molecular flexibility index (Phi) is 8.93. The van der Waals surface area contributed by atoms with Crippen molar-refractivity contribution in [1.29, 1.82) is 0 Å². The summed E-state index contributed by atoms with van der Waals surface area (Å²) in [5.41, 5.74) is 16.1. The van der Waals surface area contributed by atoms with E-state index in [2.05, 4.69) is 5.16 Å². The minimum atomic E-state index is -0.969. The normalized spacial score (nSPS) is 19.5. The lowest BCUT2D eigenvalue weighted by atomic mass is 9.87. The first-order valence-electron chi connectivity index (χ1n) is 14.1. The number of benzene rings is 4. The highest BCUT2D eigenvalue weighted by Crippen LogP contribution is 2.36. The molecule has 0 radical (unpaired) electrons. The third kappa shape index (κ3) is 6.32. The highest BCUT2D eigenvalue weighted by molar-refractivity contribution is 6.07. The zero-order valence-electron chi connectivity index (χ0n) is 23.6. The molecule has 43 heavy (non-hydrogen) atoms. The van der Waals surface area contributed by atoms with Crippen LogP contribution in [0.1, 0.15) is 28.7 Å². The van der Waals surface area contributed by atoms with Crippen molar-refractivity contribution in [3.63, 3.8) is 0 Å². The van der Waals surface area contributed by atoms with Crippen LogP contribution in [-0.4, -0.2) is 45.5 Å². The summed E-state index contributed by atoms with van der Waals surface area (Å²) in [5.74, 6) is -0.0922. The maximum Gasteiger partial charge on any atom is 0.329 e. The number of urea groups is 1. The van der Waals surface area contributed by atoms with Crippen LogP contribution >= 0.6 is 0 Å². The van der Waals surface area contributed by atoms with E-state index in [1.807, 2.05) is 60.7 Å². The quantitative estimate of drug-likeness (QED) is 0.0620. The first kappa shape index (κ1) is 29.2. The van der Waals surface area contributed by atoms with Crippen molar-refractivity contribution in [2.75, 3.05) is 9.80 Å². The summed E-state index contributed by atoms with van der Waals surface area (Å²) in [7, 11) is 0. The van der Waals surface area contributed by atoms with E-state index in [0.717, 1.165) is 17.4 Å². The molecule has 9 nitrogen and oxygen atoms in total. The molecular formula is C34H35N5O4. The number of nitrogens with zero attached hydrogens (tertiary/aromatic N) is 3. The number of rotatable bonds is 9. The van der Waals surface area contributed by atoms with Gasteiger partial charge in [0.05, 0.1) is 23.9 Å². The maximum absolute atomic E-state index is 14.7. The summed E-state index contributed by atoms with van der Waals surface area (Å²) in [5, 5.41) is 34.2. The lowest BCUT2D eigenvalue weighted by Gasteiger charge is -2.49. The molecule has 0 spiro atoms. The van der Waals surface area contributed by atoms with E-state index in [1.54, 1.807) is 58.3 Å². The highest BCUT2D eigenvalue weighted by Gasteiger charge is 2.47. The van der Waals surface area contributed by atoms with Crippen LogP contribution in [0, 0.1) is 0 Å². The third-order valence-corrected chi connectivity index (χ3v) is 7.85. The number of carbonyl (C=O) groups is 1. The predicted octanol–water partition coefficient (Wildman–Crippen LogP) is 5.02. The van der Waals surface area contributed by atoms with Gasteiger partial charge in [-0.1, -0.05) is 90.1 Å². The Balaban J connectivity index is 1.64. The number of aliphatic hydroxyl groups excluding tert-OH is 2. The first-order chi connectivity index (χ1) is 20.9. The van der Waals surface area contributed by atoms with Gasteiger partial charge in [-0.2, -0.15) is 0 Å². The molecule has 5 rings (SSSR count). The lowest BCUT2D eigenvalue weighted by molar-refractivity contribution is 0.0958. The SMILES string of the molecule is N/C(=C/O)c1cccc(N2C(=O)N(c3cccc(/C(N)=N\O)c3)[C@H](CCc3ccccc3)[C@@H](O)[C@H]2Cc2ccccc2)c1. The topological polar surface area (TPSA) is 149 Å². The molecule has 7 N–H and O–H groups in total. The second-order valence-corrected chi connectivity index (χ2v) is 10.5. The molecule has 4 aromatic carbocycles. The Bertz CT molecular complexity index is 1610. The molecule has 0 bridgehead atoms. The molecule has 1 aliphatic heterocycles. The van der Waals surface area contributed by atoms with Gasteiger partial charge in [0.2, 0.25) is 0 Å². The molecular weight excluding hydrogens is 542 g/mol. The summed E-state index contributed by atoms with van der Waals surface area (Å²) in [4.78, 5) is 17.9. The summed E-state index contributed by atoms with van der Waals surface area (Å²) >= 11 is 0. The fourth-order valence-corrected chi connectivity index (χ4v) is 5.67. The Hall–Kier alpha value is -5.28. The molecule has 1 saturated heterocycles. The van der Waals surface area contributed by atoms with Gasteiger partial charge in [0, 0.05) is 22.5 Å². The average molecular weight is 578 g/mol. The molecule has 220 valence electrons. The Morgan fingerprint density at radius 2 is 1.33 bits per heavy atom. The average Bonchev–Trinajstić information content (AvgIpc) is 3.05. The van der Waals surface area contributed by atoms with Crippen LogP contribution in [0.2, 0.25) is 0 Å². The van der Waals surface area contributed by atoms with E-state index >= 15 is 0 Å². The van der Waals surface area contributed by atoms with Gasteiger partial charge in [-0.15, -0.1) is 0 Å². The monoisotopic (exact) mass is 577 g/mol. The summed E-state index contributed by atoms with van der Waals surface area (Å²) in [6, 6.07) is 32.0. The number of aliphatic hydroxyl groups is 2. The molecule has 0 aromatic heterocycles. The van der Waals surface area contributed by atoms with Crippen LogP contribution in [0.5, 0.6) is 0 Å². The molecule has 9 heteroatoms. The van der Waals surface area contributed by atoms with Gasteiger partial charge >= 0.3 is 6.03 Å². The van der Waals surface area contributed by atoms with Crippen molar-refractivity contribution in [2.24, 2.45) is 16.6 Å². The van der Waals surface area contributed by atoms with Crippen molar-refractivity contribution < 1.29 is 20.2 Å². The standard InChI is InChI=1S/C34H35N5O4/c35-29(22-40)25-13-7-15-27(20-25)39-31(19-24-11-5-2-6-12-24)32(41)30(18-17-23-9-3-1-4-10-23)38(34(39)42)28-16-8-14-26(21-28)33(36)37-43/h1-16,20-22,30-32,40-41,43H,17-19,35H2,(H2,36,37)/b29-22+/t30-,31-,32-/m1/s1. The maximum atomic E-state index is 14.7. The van der Waals surface area contributed by atoms with E-state index < -0.39 is 18.2 Å². The minimum Gasteiger partial charge on any atom is -0.513 e. The van der Waals surface area contributed by atoms with E-state index in [0.29, 0.717) is 41.8 Å². The molecule has 0 aliphatic carbocycles. The van der Waals surface area contributed by atoms with Crippen molar-refractivity contribution >= 4 is 28.9 Å². The molecule has 1 heterocycles. The van der Waals surface area contributed by atoms with E-state index in [1.165, 1.54) is 0 Å². The fourth-order valence-electron chi connectivity index (χ4n) is 5.67. The molecule has 1 aliphatic rings. The van der Waals surface area contributed by atoms with Gasteiger partial charge < -0.3 is 26.9 Å². The summed E-state index contributed by atoms with van der Waals surface area (Å²) in [6.07, 6.45) is 1.38. The number of aryl methyl sites for hydroxylation is 1. The number of anilines is 2. The van der Waals surface area contributed by atoms with Crippen molar-refractivity contribution in [2.45, 2.75) is 37.5 Å². The Morgan fingerprint density at radius 3 is 1.93 bits per heavy atom. The predicted molar refractivity (Wildman–Crippen MR) is 169 cm³/mol. The third-order valence-electron chi connectivity index (χ3n) is 7.85. The zero-order valence-corrected chi connectivity index (χ0v) is 23.6. The minimum absolute atomic E-state index is 0.0922. The lowest BCUT2D eigenvalue weighted by Crippen LogP contribution is -2.67. The Labute approximate surface area is 250 Å². The van der Waals surface area contributed by atoms with Crippen LogP contribution < -0.4 is 21.3 Å². The van der Waals surface area contributed by atoms with E-state index in [-0.39, 0.29) is 17.6 Å². The smallest absolute Gasteiger partial charge is 0.329 e. The first-order valence-corrected chi connectivity index (χ1v) is 14.1. The van der Waals surface area contributed by atoms with Gasteiger partial charge in [0.1, 0.15) is 6.26 Å².